The van der Waals surface area contributed by atoms with Crippen molar-refractivity contribution in [2.45, 2.75) is 70.9 Å². The minimum Gasteiger partial charge on any atom is -0.462 e. The van der Waals surface area contributed by atoms with Crippen molar-refractivity contribution < 1.29 is 33.7 Å². The van der Waals surface area contributed by atoms with E-state index in [9.17, 15) is 19.5 Å². The molecule has 0 aromatic carbocycles. The highest BCUT2D eigenvalue weighted by Crippen LogP contribution is 2.59. The van der Waals surface area contributed by atoms with E-state index in [0.717, 1.165) is 0 Å². The molecule has 3 rings (SSSR count). The van der Waals surface area contributed by atoms with Crippen molar-refractivity contribution in [1.29, 1.82) is 0 Å². The Morgan fingerprint density at radius 3 is 2.42 bits per heavy atom. The van der Waals surface area contributed by atoms with Crippen LogP contribution in [0.15, 0.2) is 12.2 Å². The molecule has 0 unspecified atom stereocenters. The van der Waals surface area contributed by atoms with Gasteiger partial charge in [-0.3, -0.25) is 9.59 Å². The summed E-state index contributed by atoms with van der Waals surface area (Å²) in [5.41, 5.74) is -1.60. The molecule has 7 nitrogen and oxygen atoms in total. The van der Waals surface area contributed by atoms with Crippen molar-refractivity contribution in [2.75, 3.05) is 0 Å². The van der Waals surface area contributed by atoms with Gasteiger partial charge < -0.3 is 19.3 Å². The molecule has 0 aromatic heterocycles. The van der Waals surface area contributed by atoms with Gasteiger partial charge in [-0.15, -0.1) is 0 Å². The molecule has 1 aliphatic heterocycles. The number of ether oxygens (including phenoxy) is 3. The quantitative estimate of drug-likeness (QED) is 0.449. The molecule has 7 heteroatoms. The number of fused-ring (bicyclic) bond motifs is 2. The maximum atomic E-state index is 12.1. The van der Waals surface area contributed by atoms with E-state index < -0.39 is 59.1 Å². The van der Waals surface area contributed by atoms with Gasteiger partial charge in [0.25, 0.3) is 0 Å². The van der Waals surface area contributed by atoms with E-state index in [-0.39, 0.29) is 5.57 Å². The minimum atomic E-state index is -1.15. The smallest absolute Gasteiger partial charge is 0.334 e. The molecule has 3 aliphatic rings. The fraction of sp³-hybridized carbons (Fsp3) is 0.737. The van der Waals surface area contributed by atoms with Crippen LogP contribution in [0.4, 0.5) is 0 Å². The molecule has 1 N–H and O–H groups in total. The summed E-state index contributed by atoms with van der Waals surface area (Å²) in [5.74, 6) is -2.45. The number of rotatable bonds is 2. The molecule has 0 spiro atoms. The average Bonchev–Trinajstić information content (AvgIpc) is 2.75. The van der Waals surface area contributed by atoms with Gasteiger partial charge in [-0.2, -0.15) is 0 Å². The second kappa shape index (κ2) is 6.08. The molecular weight excluding hydrogens is 340 g/mol. The number of carbonyl (C=O) groups is 3. The lowest BCUT2D eigenvalue weighted by molar-refractivity contribution is -0.241. The number of aliphatic hydroxyl groups is 1. The van der Waals surface area contributed by atoms with Gasteiger partial charge in [-0.25, -0.2) is 4.79 Å². The molecule has 144 valence electrons. The Labute approximate surface area is 152 Å². The number of hydrogen-bond donors (Lipinski definition) is 1. The SMILES string of the molecule is C=C1C(=O)O[C@H]2C[C@@]3(C)[C@H](OC(C)=O)CC[C@@](C)(O)[C@H]3[C@@H](OC(C)=O)[C@H]12. The normalized spacial score (nSPS) is 44.6. The van der Waals surface area contributed by atoms with Crippen LogP contribution in [0.1, 0.15) is 47.0 Å². The first-order chi connectivity index (χ1) is 12.0. The summed E-state index contributed by atoms with van der Waals surface area (Å²) in [7, 11) is 0. The Morgan fingerprint density at radius 1 is 1.23 bits per heavy atom. The standard InChI is InChI=1S/C19H26O7/c1-9-14-12(26-17(9)22)8-18(4)13(24-10(2)20)6-7-19(5,23)16(18)15(14)25-11(3)21/h12-16,23H,1,6-8H2,2-5H3/t12-,13+,14+,15-,16-,18-,19+/m0/s1. The predicted molar refractivity (Wildman–Crippen MR) is 89.7 cm³/mol. The predicted octanol–water partition coefficient (Wildman–Crippen LogP) is 1.52. The topological polar surface area (TPSA) is 99.1 Å². The molecule has 0 radical (unpaired) electrons. The summed E-state index contributed by atoms with van der Waals surface area (Å²) in [4.78, 5) is 35.5. The van der Waals surface area contributed by atoms with Crippen molar-refractivity contribution in [3.63, 3.8) is 0 Å². The third kappa shape index (κ3) is 2.82. The largest absolute Gasteiger partial charge is 0.462 e. The molecule has 3 fully saturated rings. The van der Waals surface area contributed by atoms with E-state index in [1.54, 1.807) is 6.92 Å². The van der Waals surface area contributed by atoms with Gasteiger partial charge >= 0.3 is 17.9 Å². The van der Waals surface area contributed by atoms with Gasteiger partial charge in [0.1, 0.15) is 18.3 Å². The van der Waals surface area contributed by atoms with E-state index in [1.165, 1.54) is 13.8 Å². The van der Waals surface area contributed by atoms with Crippen LogP contribution in [0, 0.1) is 17.3 Å². The van der Waals surface area contributed by atoms with E-state index in [4.69, 9.17) is 14.2 Å². The fourth-order valence-electron chi connectivity index (χ4n) is 5.40. The van der Waals surface area contributed by atoms with Crippen molar-refractivity contribution in [3.05, 3.63) is 12.2 Å². The molecule has 2 saturated carbocycles. The Hall–Kier alpha value is -1.89. The third-order valence-corrected chi connectivity index (χ3v) is 6.29. The van der Waals surface area contributed by atoms with Crippen LogP contribution < -0.4 is 0 Å². The van der Waals surface area contributed by atoms with E-state index in [1.807, 2.05) is 6.92 Å². The highest BCUT2D eigenvalue weighted by molar-refractivity contribution is 5.91. The molecule has 1 saturated heterocycles. The summed E-state index contributed by atoms with van der Waals surface area (Å²) < 4.78 is 16.6. The Balaban J connectivity index is 2.09. The zero-order valence-corrected chi connectivity index (χ0v) is 15.6. The van der Waals surface area contributed by atoms with Gasteiger partial charge in [0.2, 0.25) is 0 Å². The molecule has 7 atom stereocenters. The van der Waals surface area contributed by atoms with Crippen LogP contribution >= 0.6 is 0 Å². The molecule has 26 heavy (non-hydrogen) atoms. The third-order valence-electron chi connectivity index (χ3n) is 6.29. The van der Waals surface area contributed by atoms with Crippen molar-refractivity contribution in [3.8, 4) is 0 Å². The summed E-state index contributed by atoms with van der Waals surface area (Å²) in [6, 6.07) is 0. The van der Waals surface area contributed by atoms with Crippen LogP contribution in [0.25, 0.3) is 0 Å². The van der Waals surface area contributed by atoms with Crippen LogP contribution in [0.2, 0.25) is 0 Å². The van der Waals surface area contributed by atoms with Crippen molar-refractivity contribution in [2.24, 2.45) is 17.3 Å². The monoisotopic (exact) mass is 366 g/mol. The van der Waals surface area contributed by atoms with E-state index >= 15 is 0 Å². The van der Waals surface area contributed by atoms with Crippen LogP contribution in [0.3, 0.4) is 0 Å². The van der Waals surface area contributed by atoms with Gasteiger partial charge in [0, 0.05) is 30.8 Å². The lowest BCUT2D eigenvalue weighted by atomic mass is 9.50. The number of carbonyl (C=O) groups excluding carboxylic acids is 3. The number of hydrogen-bond acceptors (Lipinski definition) is 7. The van der Waals surface area contributed by atoms with Crippen molar-refractivity contribution >= 4 is 17.9 Å². The van der Waals surface area contributed by atoms with Gasteiger partial charge in [-0.05, 0) is 26.2 Å². The molecule has 0 amide bonds. The van der Waals surface area contributed by atoms with E-state index in [2.05, 4.69) is 6.58 Å². The van der Waals surface area contributed by atoms with Crippen LogP contribution in [0.5, 0.6) is 0 Å². The second-order valence-corrected chi connectivity index (χ2v) is 8.25. The maximum Gasteiger partial charge on any atom is 0.334 e. The zero-order valence-electron chi connectivity index (χ0n) is 15.6. The van der Waals surface area contributed by atoms with Crippen LogP contribution in [-0.4, -0.2) is 46.9 Å². The summed E-state index contributed by atoms with van der Waals surface area (Å²) in [5, 5.41) is 11.2. The summed E-state index contributed by atoms with van der Waals surface area (Å²) in [6.07, 6.45) is -0.480. The average molecular weight is 366 g/mol. The first-order valence-corrected chi connectivity index (χ1v) is 8.94. The van der Waals surface area contributed by atoms with Gasteiger partial charge in [0.05, 0.1) is 11.5 Å². The first-order valence-electron chi connectivity index (χ1n) is 8.94. The minimum absolute atomic E-state index is 0.258. The Kier molecular flexibility index (Phi) is 4.42. The Bertz CT molecular complexity index is 667. The summed E-state index contributed by atoms with van der Waals surface area (Å²) >= 11 is 0. The zero-order chi connectivity index (χ0) is 19.4. The van der Waals surface area contributed by atoms with E-state index in [0.29, 0.717) is 19.3 Å². The first kappa shape index (κ1) is 18.9. The number of esters is 3. The molecule has 0 aromatic rings. The van der Waals surface area contributed by atoms with Gasteiger partial charge in [-0.1, -0.05) is 13.5 Å². The molecule has 0 bridgehead atoms. The molecule has 2 aliphatic carbocycles. The summed E-state index contributed by atoms with van der Waals surface area (Å²) in [6.45, 7) is 10.1. The van der Waals surface area contributed by atoms with Gasteiger partial charge in [0.15, 0.2) is 0 Å². The second-order valence-electron chi connectivity index (χ2n) is 8.25. The lowest BCUT2D eigenvalue weighted by Crippen LogP contribution is -2.66. The van der Waals surface area contributed by atoms with Crippen molar-refractivity contribution in [1.82, 2.24) is 0 Å². The van der Waals surface area contributed by atoms with Crippen LogP contribution in [-0.2, 0) is 28.6 Å². The maximum absolute atomic E-state index is 12.1. The fourth-order valence-corrected chi connectivity index (χ4v) is 5.40. The molecular formula is C19H26O7. The lowest BCUT2D eigenvalue weighted by Gasteiger charge is -2.59. The Morgan fingerprint density at radius 2 is 1.85 bits per heavy atom. The molecule has 1 heterocycles. The highest BCUT2D eigenvalue weighted by atomic mass is 16.6. The highest BCUT2D eigenvalue weighted by Gasteiger charge is 2.67.